The second-order valence-electron chi connectivity index (χ2n) is 4.77. The number of ether oxygens (including phenoxy) is 2. The monoisotopic (exact) mass is 295 g/mol. The Labute approximate surface area is 130 Å². The van der Waals surface area contributed by atoms with Gasteiger partial charge in [0.15, 0.2) is 0 Å². The van der Waals surface area contributed by atoms with E-state index in [9.17, 15) is 4.79 Å². The predicted octanol–water partition coefficient (Wildman–Crippen LogP) is 3.79. The molecule has 0 spiro atoms. The van der Waals surface area contributed by atoms with Gasteiger partial charge in [0.1, 0.15) is 18.8 Å². The Morgan fingerprint density at radius 2 is 1.82 bits per heavy atom. The van der Waals surface area contributed by atoms with Gasteiger partial charge in [0, 0.05) is 5.56 Å². The number of nitrogens with zero attached hydrogens (tertiary/aromatic N) is 1. The molecule has 0 unspecified atom stereocenters. The third kappa shape index (κ3) is 4.35. The fourth-order valence-electron chi connectivity index (χ4n) is 2.01. The van der Waals surface area contributed by atoms with Gasteiger partial charge in [0.05, 0.1) is 7.11 Å². The summed E-state index contributed by atoms with van der Waals surface area (Å²) in [5.74, 6) is 0.347. The maximum atomic E-state index is 11.3. The van der Waals surface area contributed by atoms with Crippen LogP contribution in [0, 0.1) is 6.57 Å². The molecule has 2 aromatic rings. The lowest BCUT2D eigenvalue weighted by atomic mass is 10.0. The van der Waals surface area contributed by atoms with Crippen LogP contribution in [0.5, 0.6) is 5.75 Å². The normalized spacial score (nSPS) is 11.3. The number of hydrogen-bond donors (Lipinski definition) is 0. The zero-order valence-electron chi connectivity index (χ0n) is 12.4. The van der Waals surface area contributed by atoms with E-state index in [1.807, 2.05) is 54.6 Å². The molecule has 0 aromatic heterocycles. The number of benzene rings is 2. The smallest absolute Gasteiger partial charge is 0.313 e. The lowest BCUT2D eigenvalue weighted by Gasteiger charge is -2.08. The average molecular weight is 295 g/mol. The first-order valence-corrected chi connectivity index (χ1v) is 6.93. The Bertz CT molecular complexity index is 644. The summed E-state index contributed by atoms with van der Waals surface area (Å²) < 4.78 is 10.3. The fraction of sp³-hybridized carbons (Fsp3) is 0.222. The summed E-state index contributed by atoms with van der Waals surface area (Å²) >= 11 is 0. The van der Waals surface area contributed by atoms with Gasteiger partial charge in [0.25, 0.3) is 6.04 Å². The maximum absolute atomic E-state index is 11.3. The Kier molecular flexibility index (Phi) is 5.56. The van der Waals surface area contributed by atoms with Crippen molar-refractivity contribution in [2.24, 2.45) is 0 Å². The summed E-state index contributed by atoms with van der Waals surface area (Å²) in [7, 11) is 1.32. The first-order chi connectivity index (χ1) is 10.7. The molecule has 0 aliphatic heterocycles. The van der Waals surface area contributed by atoms with E-state index in [-0.39, 0.29) is 12.4 Å². The highest BCUT2D eigenvalue weighted by Gasteiger charge is 2.20. The summed E-state index contributed by atoms with van der Waals surface area (Å²) in [6.07, 6.45) is 0.0597. The molecule has 0 aliphatic rings. The molecule has 0 N–H and O–H groups in total. The first-order valence-electron chi connectivity index (χ1n) is 6.93. The number of carbonyl (C=O) groups is 1. The van der Waals surface area contributed by atoms with E-state index in [1.54, 1.807) is 0 Å². The molecule has 22 heavy (non-hydrogen) atoms. The molecular weight excluding hydrogens is 278 g/mol. The highest BCUT2D eigenvalue weighted by molar-refractivity contribution is 5.70. The van der Waals surface area contributed by atoms with Crippen LogP contribution in [0.15, 0.2) is 54.6 Å². The minimum absolute atomic E-state index is 0.0597. The minimum Gasteiger partial charge on any atom is -0.489 e. The molecular formula is C18H17NO3. The maximum Gasteiger partial charge on any atom is 0.313 e. The average Bonchev–Trinajstić information content (AvgIpc) is 2.59. The van der Waals surface area contributed by atoms with Crippen LogP contribution in [0.2, 0.25) is 0 Å². The fourth-order valence-corrected chi connectivity index (χ4v) is 2.01. The molecule has 0 saturated carbocycles. The Balaban J connectivity index is 1.97. The van der Waals surface area contributed by atoms with E-state index in [1.165, 1.54) is 7.11 Å². The van der Waals surface area contributed by atoms with Crippen molar-refractivity contribution in [2.45, 2.75) is 19.1 Å². The number of rotatable bonds is 6. The van der Waals surface area contributed by atoms with E-state index in [0.29, 0.717) is 6.61 Å². The van der Waals surface area contributed by atoms with Crippen molar-refractivity contribution in [3.05, 3.63) is 77.1 Å². The van der Waals surface area contributed by atoms with Gasteiger partial charge in [0.2, 0.25) is 0 Å². The van der Waals surface area contributed by atoms with Crippen LogP contribution < -0.4 is 4.74 Å². The van der Waals surface area contributed by atoms with Gasteiger partial charge in [-0.3, -0.25) is 4.79 Å². The summed E-state index contributed by atoms with van der Waals surface area (Å²) in [5.41, 5.74) is 1.88. The highest BCUT2D eigenvalue weighted by atomic mass is 16.5. The zero-order chi connectivity index (χ0) is 15.8. The predicted molar refractivity (Wildman–Crippen MR) is 83.2 cm³/mol. The molecule has 0 fully saturated rings. The summed E-state index contributed by atoms with van der Waals surface area (Å²) in [4.78, 5) is 14.8. The van der Waals surface area contributed by atoms with Crippen LogP contribution in [-0.2, 0) is 16.1 Å². The minimum atomic E-state index is -0.518. The molecule has 112 valence electrons. The molecule has 4 heteroatoms. The van der Waals surface area contributed by atoms with E-state index in [0.717, 1.165) is 16.9 Å². The van der Waals surface area contributed by atoms with Crippen LogP contribution >= 0.6 is 0 Å². The van der Waals surface area contributed by atoms with Gasteiger partial charge in [-0.25, -0.2) is 6.57 Å². The summed E-state index contributed by atoms with van der Waals surface area (Å²) in [6, 6.07) is 16.6. The lowest BCUT2D eigenvalue weighted by molar-refractivity contribution is -0.140. The van der Waals surface area contributed by atoms with Crippen LogP contribution in [-0.4, -0.2) is 13.1 Å². The quantitative estimate of drug-likeness (QED) is 0.601. The number of carbonyl (C=O) groups excluding carboxylic acids is 1. The van der Waals surface area contributed by atoms with Crippen molar-refractivity contribution < 1.29 is 14.3 Å². The zero-order valence-corrected chi connectivity index (χ0v) is 12.4. The molecule has 0 bridgehead atoms. The van der Waals surface area contributed by atoms with Crippen molar-refractivity contribution in [2.75, 3.05) is 7.11 Å². The Hall–Kier alpha value is -2.80. The standard InChI is InChI=1S/C18H17NO3/c1-19-17(12-18(20)21-2)15-8-10-16(11-9-15)22-13-14-6-4-3-5-7-14/h3-11,17H,12-13H2,2H3/t17-/m0/s1. The topological polar surface area (TPSA) is 39.9 Å². The van der Waals surface area contributed by atoms with E-state index < -0.39 is 6.04 Å². The van der Waals surface area contributed by atoms with Crippen LogP contribution in [0.4, 0.5) is 0 Å². The van der Waals surface area contributed by atoms with Crippen LogP contribution in [0.3, 0.4) is 0 Å². The van der Waals surface area contributed by atoms with Crippen LogP contribution in [0.25, 0.3) is 4.85 Å². The Morgan fingerprint density at radius 1 is 1.14 bits per heavy atom. The second kappa shape index (κ2) is 7.84. The summed E-state index contributed by atoms with van der Waals surface area (Å²) in [6.45, 7) is 7.69. The van der Waals surface area contributed by atoms with E-state index in [2.05, 4.69) is 9.58 Å². The van der Waals surface area contributed by atoms with Gasteiger partial charge in [-0.05, 0) is 29.8 Å². The van der Waals surface area contributed by atoms with Gasteiger partial charge in [-0.2, -0.15) is 0 Å². The molecule has 0 radical (unpaired) electrons. The van der Waals surface area contributed by atoms with Crippen molar-refractivity contribution in [3.8, 4) is 5.75 Å². The third-order valence-electron chi connectivity index (χ3n) is 3.26. The largest absolute Gasteiger partial charge is 0.489 e. The molecule has 2 rings (SSSR count). The van der Waals surface area contributed by atoms with Gasteiger partial charge >= 0.3 is 5.97 Å². The van der Waals surface area contributed by atoms with Crippen molar-refractivity contribution >= 4 is 5.97 Å². The number of methoxy groups -OCH3 is 1. The SMILES string of the molecule is [C-]#[N+][C@@H](CC(=O)OC)c1ccc(OCc2ccccc2)cc1. The number of hydrogen-bond acceptors (Lipinski definition) is 3. The molecule has 0 heterocycles. The van der Waals surface area contributed by atoms with Crippen LogP contribution in [0.1, 0.15) is 23.6 Å². The van der Waals surface area contributed by atoms with Crippen molar-refractivity contribution in [3.63, 3.8) is 0 Å². The first kappa shape index (κ1) is 15.6. The Morgan fingerprint density at radius 3 is 2.41 bits per heavy atom. The molecule has 0 aliphatic carbocycles. The molecule has 0 saturated heterocycles. The van der Waals surface area contributed by atoms with Crippen molar-refractivity contribution in [1.29, 1.82) is 0 Å². The van der Waals surface area contributed by atoms with E-state index in [4.69, 9.17) is 11.3 Å². The highest BCUT2D eigenvalue weighted by Crippen LogP contribution is 2.24. The van der Waals surface area contributed by atoms with Crippen molar-refractivity contribution in [1.82, 2.24) is 0 Å². The van der Waals surface area contributed by atoms with Gasteiger partial charge in [-0.15, -0.1) is 0 Å². The molecule has 2 aromatic carbocycles. The molecule has 1 atom stereocenters. The van der Waals surface area contributed by atoms with E-state index >= 15 is 0 Å². The summed E-state index contributed by atoms with van der Waals surface area (Å²) in [5, 5.41) is 0. The van der Waals surface area contributed by atoms with Gasteiger partial charge in [-0.1, -0.05) is 30.3 Å². The number of esters is 1. The third-order valence-corrected chi connectivity index (χ3v) is 3.26. The van der Waals surface area contributed by atoms with Gasteiger partial charge < -0.3 is 14.3 Å². The molecule has 0 amide bonds. The second-order valence-corrected chi connectivity index (χ2v) is 4.77. The molecule has 4 nitrogen and oxygen atoms in total. The lowest BCUT2D eigenvalue weighted by Crippen LogP contribution is -2.06.